The van der Waals surface area contributed by atoms with Crippen LogP contribution in [0.1, 0.15) is 0 Å². The summed E-state index contributed by atoms with van der Waals surface area (Å²) in [7, 11) is 0. The molecule has 0 aliphatic rings. The maximum atomic E-state index is 5.12. The molecule has 6 rings (SSSR count). The molecule has 0 saturated carbocycles. The van der Waals surface area contributed by atoms with Crippen molar-refractivity contribution in [2.45, 2.75) is 4.90 Å². The van der Waals surface area contributed by atoms with Gasteiger partial charge in [-0.1, -0.05) is 54.6 Å². The van der Waals surface area contributed by atoms with Gasteiger partial charge in [0, 0.05) is 38.7 Å². The molecule has 3 nitrogen and oxygen atoms in total. The number of para-hydroxylation sites is 1. The fourth-order valence-electron chi connectivity index (χ4n) is 4.28. The average Bonchev–Trinajstić information content (AvgIpc) is 3.19. The van der Waals surface area contributed by atoms with Crippen LogP contribution in [0.15, 0.2) is 114 Å². The molecule has 32 heavy (non-hydrogen) atoms. The minimum atomic E-state index is 0.910. The Morgan fingerprint density at radius 3 is 2.38 bits per heavy atom. The molecule has 0 radical (unpaired) electrons. The van der Waals surface area contributed by atoms with Crippen molar-refractivity contribution in [3.8, 4) is 28.2 Å². The lowest BCUT2D eigenvalue weighted by Gasteiger charge is -2.10. The third-order valence-electron chi connectivity index (χ3n) is 5.77. The SMILES string of the molecule is Sc1ccccc1-c1ccc2c3ccccc3n(-c3cccc(-c4ccccn4)c3)c2n1. The molecule has 0 fully saturated rings. The van der Waals surface area contributed by atoms with Crippen molar-refractivity contribution in [2.75, 3.05) is 0 Å². The highest BCUT2D eigenvalue weighted by Gasteiger charge is 2.15. The van der Waals surface area contributed by atoms with E-state index < -0.39 is 0 Å². The first-order valence-electron chi connectivity index (χ1n) is 10.5. The number of hydrogen-bond donors (Lipinski definition) is 1. The van der Waals surface area contributed by atoms with E-state index in [4.69, 9.17) is 4.98 Å². The third kappa shape index (κ3) is 3.08. The number of thiol groups is 1. The van der Waals surface area contributed by atoms with E-state index in [0.717, 1.165) is 49.6 Å². The van der Waals surface area contributed by atoms with Gasteiger partial charge in [0.1, 0.15) is 5.65 Å². The van der Waals surface area contributed by atoms with Gasteiger partial charge in [-0.05, 0) is 48.5 Å². The van der Waals surface area contributed by atoms with Crippen molar-refractivity contribution < 1.29 is 0 Å². The van der Waals surface area contributed by atoms with E-state index in [1.807, 2.05) is 42.6 Å². The zero-order chi connectivity index (χ0) is 21.5. The second-order valence-electron chi connectivity index (χ2n) is 7.70. The van der Waals surface area contributed by atoms with Gasteiger partial charge in [0.2, 0.25) is 0 Å². The van der Waals surface area contributed by atoms with Gasteiger partial charge in [-0.3, -0.25) is 9.55 Å². The van der Waals surface area contributed by atoms with Crippen LogP contribution in [0.2, 0.25) is 0 Å². The molecule has 0 unspecified atom stereocenters. The number of benzene rings is 3. The summed E-state index contributed by atoms with van der Waals surface area (Å²) in [6.45, 7) is 0. The number of pyridine rings is 2. The van der Waals surface area contributed by atoms with Gasteiger partial charge in [0.15, 0.2) is 0 Å². The van der Waals surface area contributed by atoms with Crippen molar-refractivity contribution in [1.29, 1.82) is 0 Å². The summed E-state index contributed by atoms with van der Waals surface area (Å²) < 4.78 is 2.24. The highest BCUT2D eigenvalue weighted by Crippen LogP contribution is 2.34. The van der Waals surface area contributed by atoms with Gasteiger partial charge in [-0.15, -0.1) is 12.6 Å². The Labute approximate surface area is 191 Å². The molecule has 3 aromatic carbocycles. The number of fused-ring (bicyclic) bond motifs is 3. The molecule has 0 aliphatic carbocycles. The Morgan fingerprint density at radius 1 is 0.656 bits per heavy atom. The average molecular weight is 430 g/mol. The molecule has 0 spiro atoms. The number of rotatable bonds is 3. The molecule has 0 bridgehead atoms. The van der Waals surface area contributed by atoms with Crippen LogP contribution in [0.5, 0.6) is 0 Å². The van der Waals surface area contributed by atoms with Gasteiger partial charge < -0.3 is 0 Å². The molecular formula is C28H19N3S. The van der Waals surface area contributed by atoms with Crippen LogP contribution < -0.4 is 0 Å². The molecule has 0 N–H and O–H groups in total. The highest BCUT2D eigenvalue weighted by molar-refractivity contribution is 7.80. The number of hydrogen-bond acceptors (Lipinski definition) is 3. The summed E-state index contributed by atoms with van der Waals surface area (Å²) in [5.74, 6) is 0. The first-order chi connectivity index (χ1) is 15.8. The van der Waals surface area contributed by atoms with Crippen molar-refractivity contribution in [3.05, 3.63) is 109 Å². The number of aromatic nitrogens is 3. The minimum absolute atomic E-state index is 0.910. The molecule has 3 aromatic heterocycles. The molecule has 6 aromatic rings. The quantitative estimate of drug-likeness (QED) is 0.302. The predicted octanol–water partition coefficient (Wildman–Crippen LogP) is 7.20. The Kier molecular flexibility index (Phi) is 4.51. The zero-order valence-corrected chi connectivity index (χ0v) is 18.1. The van der Waals surface area contributed by atoms with Gasteiger partial charge in [-0.2, -0.15) is 0 Å². The van der Waals surface area contributed by atoms with Crippen molar-refractivity contribution >= 4 is 34.6 Å². The summed E-state index contributed by atoms with van der Waals surface area (Å²) in [6.07, 6.45) is 1.82. The Morgan fingerprint density at radius 2 is 1.50 bits per heavy atom. The van der Waals surface area contributed by atoms with E-state index in [-0.39, 0.29) is 0 Å². The molecule has 0 aliphatic heterocycles. The van der Waals surface area contributed by atoms with E-state index in [0.29, 0.717) is 0 Å². The van der Waals surface area contributed by atoms with Crippen LogP contribution in [0.3, 0.4) is 0 Å². The maximum Gasteiger partial charge on any atom is 0.146 e. The Bertz CT molecular complexity index is 1590. The van der Waals surface area contributed by atoms with Crippen LogP contribution in [-0.2, 0) is 0 Å². The highest BCUT2D eigenvalue weighted by atomic mass is 32.1. The summed E-state index contributed by atoms with van der Waals surface area (Å²) in [5.41, 5.74) is 7.08. The molecule has 152 valence electrons. The van der Waals surface area contributed by atoms with Crippen LogP contribution in [0.25, 0.3) is 50.1 Å². The first-order valence-corrected chi connectivity index (χ1v) is 10.9. The summed E-state index contributed by atoms with van der Waals surface area (Å²) in [5, 5.41) is 2.31. The largest absolute Gasteiger partial charge is 0.294 e. The summed E-state index contributed by atoms with van der Waals surface area (Å²) in [6, 6.07) is 35.2. The number of nitrogens with zero attached hydrogens (tertiary/aromatic N) is 3. The van der Waals surface area contributed by atoms with E-state index >= 15 is 0 Å². The predicted molar refractivity (Wildman–Crippen MR) is 134 cm³/mol. The fourth-order valence-corrected chi connectivity index (χ4v) is 4.55. The van der Waals surface area contributed by atoms with Gasteiger partial charge >= 0.3 is 0 Å². The van der Waals surface area contributed by atoms with E-state index in [1.54, 1.807) is 0 Å². The topological polar surface area (TPSA) is 30.7 Å². The van der Waals surface area contributed by atoms with Crippen LogP contribution in [0, 0.1) is 0 Å². The molecule has 0 saturated heterocycles. The molecule has 3 heterocycles. The molecular weight excluding hydrogens is 410 g/mol. The van der Waals surface area contributed by atoms with E-state index in [1.165, 1.54) is 5.39 Å². The zero-order valence-electron chi connectivity index (χ0n) is 17.2. The lowest BCUT2D eigenvalue weighted by Crippen LogP contribution is -1.97. The summed E-state index contributed by atoms with van der Waals surface area (Å²) in [4.78, 5) is 10.6. The molecule has 0 atom stereocenters. The van der Waals surface area contributed by atoms with Crippen LogP contribution in [-0.4, -0.2) is 14.5 Å². The molecule has 0 amide bonds. The smallest absolute Gasteiger partial charge is 0.146 e. The normalized spacial score (nSPS) is 11.3. The third-order valence-corrected chi connectivity index (χ3v) is 6.16. The minimum Gasteiger partial charge on any atom is -0.294 e. The van der Waals surface area contributed by atoms with Gasteiger partial charge in [0.25, 0.3) is 0 Å². The van der Waals surface area contributed by atoms with E-state index in [2.05, 4.69) is 88.9 Å². The first kappa shape index (κ1) is 18.8. The summed E-state index contributed by atoms with van der Waals surface area (Å²) >= 11 is 4.65. The lowest BCUT2D eigenvalue weighted by molar-refractivity contribution is 1.13. The second-order valence-corrected chi connectivity index (χ2v) is 8.18. The Hall–Kier alpha value is -3.89. The lowest BCUT2D eigenvalue weighted by atomic mass is 10.1. The van der Waals surface area contributed by atoms with Crippen molar-refractivity contribution in [1.82, 2.24) is 14.5 Å². The standard InChI is InChI=1S/C28H19N3S/c32-27-14-4-2-11-23(27)25-16-15-22-21-10-1-3-13-26(21)31(28(22)30-25)20-9-7-8-19(18-20)24-12-5-6-17-29-24/h1-18,32H. The van der Waals surface area contributed by atoms with Gasteiger partial charge in [0.05, 0.1) is 16.9 Å². The van der Waals surface area contributed by atoms with E-state index in [9.17, 15) is 0 Å². The molecule has 4 heteroatoms. The van der Waals surface area contributed by atoms with Crippen molar-refractivity contribution in [3.63, 3.8) is 0 Å². The Balaban J connectivity index is 1.64. The van der Waals surface area contributed by atoms with Crippen molar-refractivity contribution in [2.24, 2.45) is 0 Å². The van der Waals surface area contributed by atoms with Gasteiger partial charge in [-0.25, -0.2) is 4.98 Å². The van der Waals surface area contributed by atoms with Crippen LogP contribution >= 0.6 is 12.6 Å². The van der Waals surface area contributed by atoms with Crippen LogP contribution in [0.4, 0.5) is 0 Å². The fraction of sp³-hybridized carbons (Fsp3) is 0. The second kappa shape index (κ2) is 7.66. The monoisotopic (exact) mass is 429 g/mol. The maximum absolute atomic E-state index is 5.12.